The van der Waals surface area contributed by atoms with Crippen LogP contribution in [0.1, 0.15) is 58.8 Å². The predicted molar refractivity (Wildman–Crippen MR) is 82.4 cm³/mol. The second-order valence-corrected chi connectivity index (χ2v) is 6.48. The van der Waals surface area contributed by atoms with Crippen molar-refractivity contribution < 1.29 is 4.74 Å². The van der Waals surface area contributed by atoms with Gasteiger partial charge in [-0.15, -0.1) is 0 Å². The Balaban J connectivity index is 2.36. The lowest BCUT2D eigenvalue weighted by molar-refractivity contribution is 0.0217. The maximum atomic E-state index is 6.05. The minimum atomic E-state index is 0.158. The van der Waals surface area contributed by atoms with Crippen LogP contribution in [0.3, 0.4) is 0 Å². The third kappa shape index (κ3) is 5.80. The van der Waals surface area contributed by atoms with Gasteiger partial charge in [-0.3, -0.25) is 4.90 Å². The van der Waals surface area contributed by atoms with Crippen molar-refractivity contribution in [1.29, 1.82) is 0 Å². The number of ether oxygens (including phenoxy) is 1. The van der Waals surface area contributed by atoms with Gasteiger partial charge in [0.1, 0.15) is 0 Å². The van der Waals surface area contributed by atoms with Gasteiger partial charge in [-0.1, -0.05) is 32.6 Å². The highest BCUT2D eigenvalue weighted by Gasteiger charge is 2.29. The second-order valence-electron chi connectivity index (χ2n) is 6.48. The molecule has 1 rings (SSSR count). The molecular weight excluding hydrogens is 236 g/mol. The first kappa shape index (κ1) is 16.9. The zero-order valence-electron chi connectivity index (χ0n) is 13.3. The van der Waals surface area contributed by atoms with E-state index in [4.69, 9.17) is 10.5 Å². The molecule has 1 saturated heterocycles. The number of nitrogens with two attached hydrogens (primary N) is 1. The summed E-state index contributed by atoms with van der Waals surface area (Å²) in [6.45, 7) is 8.34. The summed E-state index contributed by atoms with van der Waals surface area (Å²) in [6, 6.07) is 0. The maximum absolute atomic E-state index is 6.05. The van der Waals surface area contributed by atoms with Crippen LogP contribution in [0.5, 0.6) is 0 Å². The van der Waals surface area contributed by atoms with E-state index in [-0.39, 0.29) is 5.54 Å². The Bertz CT molecular complexity index is 229. The monoisotopic (exact) mass is 270 g/mol. The van der Waals surface area contributed by atoms with Crippen LogP contribution in [0.15, 0.2) is 0 Å². The van der Waals surface area contributed by atoms with Crippen LogP contribution in [0.2, 0.25) is 0 Å². The Kier molecular flexibility index (Phi) is 7.96. The van der Waals surface area contributed by atoms with Crippen molar-refractivity contribution in [1.82, 2.24) is 4.90 Å². The average molecular weight is 270 g/mol. The van der Waals surface area contributed by atoms with E-state index in [1.165, 1.54) is 44.9 Å². The molecule has 2 N–H and O–H groups in total. The van der Waals surface area contributed by atoms with Gasteiger partial charge in [0.15, 0.2) is 0 Å². The summed E-state index contributed by atoms with van der Waals surface area (Å²) in [6.07, 6.45) is 9.03. The Morgan fingerprint density at radius 3 is 2.68 bits per heavy atom. The third-order valence-electron chi connectivity index (χ3n) is 4.72. The van der Waals surface area contributed by atoms with Gasteiger partial charge in [-0.2, -0.15) is 0 Å². The van der Waals surface area contributed by atoms with Crippen LogP contribution in [0, 0.1) is 5.92 Å². The highest BCUT2D eigenvalue weighted by Crippen LogP contribution is 2.24. The largest absolute Gasteiger partial charge is 0.381 e. The molecule has 0 amide bonds. The SMILES string of the molecule is CCCCCCC(C)(CN)N(C)CC1CCCOC1. The maximum Gasteiger partial charge on any atom is 0.0506 e. The standard InChI is InChI=1S/C16H34N2O/c1-4-5-6-7-10-16(2,14-17)18(3)12-15-9-8-11-19-13-15/h15H,4-14,17H2,1-3H3. The molecule has 114 valence electrons. The molecule has 0 radical (unpaired) electrons. The van der Waals surface area contributed by atoms with Gasteiger partial charge >= 0.3 is 0 Å². The van der Waals surface area contributed by atoms with Crippen molar-refractivity contribution in [3.05, 3.63) is 0 Å². The van der Waals surface area contributed by atoms with Crippen molar-refractivity contribution in [2.45, 2.75) is 64.3 Å². The molecule has 3 heteroatoms. The van der Waals surface area contributed by atoms with Crippen molar-refractivity contribution in [2.75, 3.05) is 33.4 Å². The number of likely N-dealkylation sites (N-methyl/N-ethyl adjacent to an activating group) is 1. The fourth-order valence-corrected chi connectivity index (χ4v) is 2.94. The first-order valence-corrected chi connectivity index (χ1v) is 8.11. The third-order valence-corrected chi connectivity index (χ3v) is 4.72. The number of hydrogen-bond acceptors (Lipinski definition) is 3. The molecule has 1 aliphatic rings. The summed E-state index contributed by atoms with van der Waals surface area (Å²) in [5.41, 5.74) is 6.21. The van der Waals surface area contributed by atoms with Gasteiger partial charge in [-0.05, 0) is 39.2 Å². The van der Waals surface area contributed by atoms with Crippen molar-refractivity contribution >= 4 is 0 Å². The molecular formula is C16H34N2O. The van der Waals surface area contributed by atoms with Crippen molar-refractivity contribution in [3.63, 3.8) is 0 Å². The highest BCUT2D eigenvalue weighted by molar-refractivity contribution is 4.87. The Morgan fingerprint density at radius 1 is 1.32 bits per heavy atom. The Morgan fingerprint density at radius 2 is 2.11 bits per heavy atom. The molecule has 0 bridgehead atoms. The van der Waals surface area contributed by atoms with Crippen LogP contribution < -0.4 is 5.73 Å². The first-order chi connectivity index (χ1) is 9.12. The second kappa shape index (κ2) is 8.93. The van der Waals surface area contributed by atoms with E-state index in [1.54, 1.807) is 0 Å². The summed E-state index contributed by atoms with van der Waals surface area (Å²) in [7, 11) is 2.24. The van der Waals surface area contributed by atoms with E-state index in [0.29, 0.717) is 5.92 Å². The Labute approximate surface area is 119 Å². The molecule has 0 aromatic rings. The molecule has 0 aromatic carbocycles. The van der Waals surface area contributed by atoms with Gasteiger partial charge in [-0.25, -0.2) is 0 Å². The van der Waals surface area contributed by atoms with Crippen LogP contribution in [-0.2, 0) is 4.74 Å². The zero-order valence-corrected chi connectivity index (χ0v) is 13.3. The minimum absolute atomic E-state index is 0.158. The normalized spacial score (nSPS) is 23.5. The number of nitrogens with zero attached hydrogens (tertiary/aromatic N) is 1. The topological polar surface area (TPSA) is 38.5 Å². The molecule has 1 heterocycles. The zero-order chi connectivity index (χ0) is 14.1. The molecule has 0 aromatic heterocycles. The molecule has 0 saturated carbocycles. The summed E-state index contributed by atoms with van der Waals surface area (Å²) in [5, 5.41) is 0. The molecule has 2 atom stereocenters. The Hall–Kier alpha value is -0.120. The smallest absolute Gasteiger partial charge is 0.0506 e. The van der Waals surface area contributed by atoms with E-state index in [9.17, 15) is 0 Å². The van der Waals surface area contributed by atoms with Crippen molar-refractivity contribution in [3.8, 4) is 0 Å². The minimum Gasteiger partial charge on any atom is -0.381 e. The molecule has 0 aliphatic carbocycles. The summed E-state index contributed by atoms with van der Waals surface area (Å²) in [5.74, 6) is 0.695. The van der Waals surface area contributed by atoms with Crippen LogP contribution in [0.25, 0.3) is 0 Å². The number of rotatable bonds is 9. The predicted octanol–water partition coefficient (Wildman–Crippen LogP) is 3.03. The number of unbranched alkanes of at least 4 members (excludes halogenated alkanes) is 3. The molecule has 1 aliphatic heterocycles. The van der Waals surface area contributed by atoms with E-state index in [0.717, 1.165) is 26.3 Å². The van der Waals surface area contributed by atoms with E-state index in [2.05, 4.69) is 25.8 Å². The first-order valence-electron chi connectivity index (χ1n) is 8.11. The molecule has 3 nitrogen and oxygen atoms in total. The van der Waals surface area contributed by atoms with Crippen LogP contribution in [0.4, 0.5) is 0 Å². The van der Waals surface area contributed by atoms with Gasteiger partial charge in [0.05, 0.1) is 6.61 Å². The number of hydrogen-bond donors (Lipinski definition) is 1. The van der Waals surface area contributed by atoms with E-state index in [1.807, 2.05) is 0 Å². The molecule has 1 fully saturated rings. The summed E-state index contributed by atoms with van der Waals surface area (Å²) < 4.78 is 5.58. The average Bonchev–Trinajstić information content (AvgIpc) is 2.44. The van der Waals surface area contributed by atoms with E-state index >= 15 is 0 Å². The molecule has 19 heavy (non-hydrogen) atoms. The van der Waals surface area contributed by atoms with Gasteiger partial charge in [0.2, 0.25) is 0 Å². The van der Waals surface area contributed by atoms with Crippen LogP contribution >= 0.6 is 0 Å². The highest BCUT2D eigenvalue weighted by atomic mass is 16.5. The lowest BCUT2D eigenvalue weighted by atomic mass is 9.90. The van der Waals surface area contributed by atoms with Gasteiger partial charge in [0, 0.05) is 25.2 Å². The van der Waals surface area contributed by atoms with Crippen LogP contribution in [-0.4, -0.2) is 43.8 Å². The van der Waals surface area contributed by atoms with E-state index < -0.39 is 0 Å². The van der Waals surface area contributed by atoms with Crippen molar-refractivity contribution in [2.24, 2.45) is 11.7 Å². The quantitative estimate of drug-likeness (QED) is 0.655. The fourth-order valence-electron chi connectivity index (χ4n) is 2.94. The fraction of sp³-hybridized carbons (Fsp3) is 1.00. The lowest BCUT2D eigenvalue weighted by Gasteiger charge is -2.40. The lowest BCUT2D eigenvalue weighted by Crippen LogP contribution is -2.51. The van der Waals surface area contributed by atoms with Gasteiger partial charge in [0.25, 0.3) is 0 Å². The summed E-state index contributed by atoms with van der Waals surface area (Å²) >= 11 is 0. The summed E-state index contributed by atoms with van der Waals surface area (Å²) in [4.78, 5) is 2.48. The van der Waals surface area contributed by atoms with Gasteiger partial charge < -0.3 is 10.5 Å². The molecule has 2 unspecified atom stereocenters. The molecule has 0 spiro atoms.